The molecule has 1 N–H and O–H groups in total. The Labute approximate surface area is 124 Å². The molecule has 0 fully saturated rings. The van der Waals surface area contributed by atoms with E-state index in [0.29, 0.717) is 11.3 Å². The highest BCUT2D eigenvalue weighted by Gasteiger charge is 2.16. The van der Waals surface area contributed by atoms with Gasteiger partial charge in [0.1, 0.15) is 0 Å². The van der Waals surface area contributed by atoms with Crippen molar-refractivity contribution in [3.05, 3.63) is 42.5 Å². The van der Waals surface area contributed by atoms with Crippen LogP contribution in [0.5, 0.6) is 0 Å². The van der Waals surface area contributed by atoms with E-state index in [0.717, 1.165) is 6.26 Å². The van der Waals surface area contributed by atoms with Gasteiger partial charge in [-0.15, -0.1) is 6.58 Å². The summed E-state index contributed by atoms with van der Waals surface area (Å²) in [6.07, 6.45) is 2.58. The van der Waals surface area contributed by atoms with Crippen molar-refractivity contribution in [1.29, 1.82) is 5.26 Å². The summed E-state index contributed by atoms with van der Waals surface area (Å²) in [6.45, 7) is 3.73. The second-order valence-electron chi connectivity index (χ2n) is 4.40. The normalized spacial score (nSPS) is 10.9. The lowest BCUT2D eigenvalue weighted by Crippen LogP contribution is -2.33. The lowest BCUT2D eigenvalue weighted by molar-refractivity contribution is -0.116. The van der Waals surface area contributed by atoms with Gasteiger partial charge in [-0.3, -0.25) is 4.79 Å². The number of rotatable bonds is 7. The first-order valence-electron chi connectivity index (χ1n) is 6.23. The highest BCUT2D eigenvalue weighted by molar-refractivity contribution is 7.88. The van der Waals surface area contributed by atoms with E-state index < -0.39 is 10.0 Å². The van der Waals surface area contributed by atoms with E-state index in [4.69, 9.17) is 5.26 Å². The molecule has 0 spiro atoms. The molecule has 0 radical (unpaired) electrons. The van der Waals surface area contributed by atoms with Crippen LogP contribution in [0.4, 0.5) is 5.69 Å². The average molecular weight is 307 g/mol. The molecular weight excluding hydrogens is 290 g/mol. The van der Waals surface area contributed by atoms with Crippen LogP contribution in [0.15, 0.2) is 36.9 Å². The van der Waals surface area contributed by atoms with Crippen LogP contribution in [-0.2, 0) is 14.8 Å². The number of carbonyl (C=O) groups excluding carboxylic acids is 1. The molecule has 21 heavy (non-hydrogen) atoms. The first kappa shape index (κ1) is 16.9. The number of anilines is 1. The number of benzene rings is 1. The Kier molecular flexibility index (Phi) is 6.09. The van der Waals surface area contributed by atoms with Gasteiger partial charge in [-0.2, -0.15) is 9.57 Å². The van der Waals surface area contributed by atoms with Crippen LogP contribution >= 0.6 is 0 Å². The minimum atomic E-state index is -3.37. The molecule has 7 heteroatoms. The molecule has 6 nitrogen and oxygen atoms in total. The standard InChI is InChI=1S/C14H17N3O3S/c1-3-8-17(21(2,19)20)9-7-14(18)16-13-6-4-5-12(10-13)11-15/h3-6,10H,1,7-9H2,2H3,(H,16,18). The van der Waals surface area contributed by atoms with Crippen molar-refractivity contribution in [2.75, 3.05) is 24.7 Å². The molecule has 0 saturated heterocycles. The molecule has 112 valence electrons. The number of nitriles is 1. The summed E-state index contributed by atoms with van der Waals surface area (Å²) in [7, 11) is -3.37. The summed E-state index contributed by atoms with van der Waals surface area (Å²) in [4.78, 5) is 11.8. The van der Waals surface area contributed by atoms with E-state index >= 15 is 0 Å². The number of nitrogens with one attached hydrogen (secondary N) is 1. The molecular formula is C14H17N3O3S. The summed E-state index contributed by atoms with van der Waals surface area (Å²) >= 11 is 0. The Balaban J connectivity index is 2.61. The van der Waals surface area contributed by atoms with E-state index in [-0.39, 0.29) is 25.4 Å². The largest absolute Gasteiger partial charge is 0.326 e. The van der Waals surface area contributed by atoms with Gasteiger partial charge in [0.25, 0.3) is 0 Å². The zero-order valence-electron chi connectivity index (χ0n) is 11.7. The van der Waals surface area contributed by atoms with Crippen LogP contribution in [0, 0.1) is 11.3 Å². The third-order valence-electron chi connectivity index (χ3n) is 2.67. The van der Waals surface area contributed by atoms with Crippen molar-refractivity contribution in [2.24, 2.45) is 0 Å². The Morgan fingerprint density at radius 2 is 2.24 bits per heavy atom. The Bertz CT molecular complexity index is 662. The van der Waals surface area contributed by atoms with Gasteiger partial charge in [-0.25, -0.2) is 8.42 Å². The first-order valence-corrected chi connectivity index (χ1v) is 8.07. The fraction of sp³-hybridized carbons (Fsp3) is 0.286. The Morgan fingerprint density at radius 1 is 1.52 bits per heavy atom. The lowest BCUT2D eigenvalue weighted by atomic mass is 10.2. The fourth-order valence-corrected chi connectivity index (χ4v) is 2.45. The Hall–Kier alpha value is -2.17. The molecule has 0 aliphatic rings. The van der Waals surface area contributed by atoms with Gasteiger partial charge >= 0.3 is 0 Å². The molecule has 1 aromatic carbocycles. The summed E-state index contributed by atoms with van der Waals surface area (Å²) in [6, 6.07) is 8.48. The van der Waals surface area contributed by atoms with Crippen LogP contribution in [-0.4, -0.2) is 38.0 Å². The second-order valence-corrected chi connectivity index (χ2v) is 6.38. The van der Waals surface area contributed by atoms with Gasteiger partial charge in [-0.1, -0.05) is 12.1 Å². The molecule has 1 rings (SSSR count). The number of sulfonamides is 1. The highest BCUT2D eigenvalue weighted by atomic mass is 32.2. The second kappa shape index (κ2) is 7.57. The fourth-order valence-electron chi connectivity index (χ4n) is 1.65. The predicted molar refractivity (Wildman–Crippen MR) is 81.0 cm³/mol. The van der Waals surface area contributed by atoms with Crippen LogP contribution in [0.25, 0.3) is 0 Å². The highest BCUT2D eigenvalue weighted by Crippen LogP contribution is 2.10. The molecule has 1 aromatic rings. The topological polar surface area (TPSA) is 90.3 Å². The van der Waals surface area contributed by atoms with Crippen molar-refractivity contribution in [3.63, 3.8) is 0 Å². The van der Waals surface area contributed by atoms with Gasteiger partial charge in [0.05, 0.1) is 17.9 Å². The summed E-state index contributed by atoms with van der Waals surface area (Å²) in [5.74, 6) is -0.317. The molecule has 0 atom stereocenters. The molecule has 0 saturated carbocycles. The van der Waals surface area contributed by atoms with Crippen molar-refractivity contribution < 1.29 is 13.2 Å². The van der Waals surface area contributed by atoms with Crippen molar-refractivity contribution >= 4 is 21.6 Å². The molecule has 1 amide bonds. The number of amides is 1. The van der Waals surface area contributed by atoms with Crippen LogP contribution < -0.4 is 5.32 Å². The minimum Gasteiger partial charge on any atom is -0.326 e. The third-order valence-corrected chi connectivity index (χ3v) is 3.94. The molecule has 0 aliphatic carbocycles. The molecule has 0 unspecified atom stereocenters. The summed E-state index contributed by atoms with van der Waals surface area (Å²) < 4.78 is 24.1. The van der Waals surface area contributed by atoms with Crippen LogP contribution in [0.2, 0.25) is 0 Å². The summed E-state index contributed by atoms with van der Waals surface area (Å²) in [5, 5.41) is 11.4. The maximum Gasteiger partial charge on any atom is 0.225 e. The smallest absolute Gasteiger partial charge is 0.225 e. The van der Waals surface area contributed by atoms with E-state index in [1.807, 2.05) is 6.07 Å². The monoisotopic (exact) mass is 307 g/mol. The van der Waals surface area contributed by atoms with Crippen LogP contribution in [0.3, 0.4) is 0 Å². The SMILES string of the molecule is C=CCN(CCC(=O)Nc1cccc(C#N)c1)S(C)(=O)=O. The number of carbonyl (C=O) groups is 1. The lowest BCUT2D eigenvalue weighted by Gasteiger charge is -2.17. The van der Waals surface area contributed by atoms with Crippen molar-refractivity contribution in [1.82, 2.24) is 4.31 Å². The number of nitrogens with zero attached hydrogens (tertiary/aromatic N) is 2. The molecule has 0 aromatic heterocycles. The van der Waals surface area contributed by atoms with E-state index in [2.05, 4.69) is 11.9 Å². The average Bonchev–Trinajstić information content (AvgIpc) is 2.42. The van der Waals surface area contributed by atoms with E-state index in [1.54, 1.807) is 24.3 Å². The molecule has 0 bridgehead atoms. The maximum absolute atomic E-state index is 11.8. The summed E-state index contributed by atoms with van der Waals surface area (Å²) in [5.41, 5.74) is 0.950. The van der Waals surface area contributed by atoms with Crippen LogP contribution in [0.1, 0.15) is 12.0 Å². The number of hydrogen-bond acceptors (Lipinski definition) is 4. The van der Waals surface area contributed by atoms with Gasteiger partial charge < -0.3 is 5.32 Å². The van der Waals surface area contributed by atoms with Gasteiger partial charge in [-0.05, 0) is 18.2 Å². The minimum absolute atomic E-state index is 0.0255. The van der Waals surface area contributed by atoms with Gasteiger partial charge in [0.15, 0.2) is 0 Å². The zero-order valence-corrected chi connectivity index (χ0v) is 12.6. The number of hydrogen-bond donors (Lipinski definition) is 1. The van der Waals surface area contributed by atoms with E-state index in [9.17, 15) is 13.2 Å². The first-order chi connectivity index (χ1) is 9.86. The van der Waals surface area contributed by atoms with E-state index in [1.165, 1.54) is 10.4 Å². The Morgan fingerprint density at radius 3 is 2.81 bits per heavy atom. The van der Waals surface area contributed by atoms with Crippen molar-refractivity contribution in [2.45, 2.75) is 6.42 Å². The zero-order chi connectivity index (χ0) is 15.9. The van der Waals surface area contributed by atoms with Gasteiger partial charge in [0.2, 0.25) is 15.9 Å². The maximum atomic E-state index is 11.8. The van der Waals surface area contributed by atoms with Crippen molar-refractivity contribution in [3.8, 4) is 6.07 Å². The van der Waals surface area contributed by atoms with Gasteiger partial charge in [0, 0.05) is 25.2 Å². The predicted octanol–water partition coefficient (Wildman–Crippen LogP) is 1.33. The quantitative estimate of drug-likeness (QED) is 0.770. The third kappa shape index (κ3) is 5.77. The molecule has 0 aliphatic heterocycles. The molecule has 0 heterocycles.